The first-order chi connectivity index (χ1) is 18.0. The molecule has 0 aromatic heterocycles. The fourth-order valence-corrected chi connectivity index (χ4v) is 6.79. The van der Waals surface area contributed by atoms with Crippen LogP contribution < -0.4 is 9.44 Å². The van der Waals surface area contributed by atoms with Gasteiger partial charge in [0.05, 0.1) is 21.9 Å². The molecule has 0 radical (unpaired) electrons. The van der Waals surface area contributed by atoms with Gasteiger partial charge in [0.15, 0.2) is 0 Å². The summed E-state index contributed by atoms with van der Waals surface area (Å²) < 4.78 is 79.7. The monoisotopic (exact) mass is 587 g/mol. The Bertz CT molecular complexity index is 1120. The Morgan fingerprint density at radius 1 is 0.684 bits per heavy atom. The smallest absolute Gasteiger partial charge is 0.207 e. The van der Waals surface area contributed by atoms with Crippen molar-refractivity contribution in [2.45, 2.75) is 88.1 Å². The Hall–Kier alpha value is -1.72. The number of hydrogen-bond acceptors (Lipinski definition) is 7. The largest absolute Gasteiger partial charge is 0.697 e. The molecule has 0 saturated carbocycles. The molecule has 0 saturated heterocycles. The molecular formula is C26H40N2O7PS2+. The zero-order valence-electron chi connectivity index (χ0n) is 22.6. The lowest BCUT2D eigenvalue weighted by molar-refractivity contribution is 0.194. The Kier molecular flexibility index (Phi) is 13.5. The van der Waals surface area contributed by atoms with Crippen LogP contribution in [0.1, 0.15) is 63.5 Å². The number of nitrogens with one attached hydrogen (secondary N) is 2. The van der Waals surface area contributed by atoms with Crippen LogP contribution in [0.15, 0.2) is 58.3 Å². The van der Waals surface area contributed by atoms with E-state index in [1.54, 1.807) is 24.3 Å². The van der Waals surface area contributed by atoms with Gasteiger partial charge in [-0.15, -0.1) is 9.05 Å². The number of hydrogen-bond donors (Lipinski definition) is 2. The molecule has 212 valence electrons. The van der Waals surface area contributed by atoms with E-state index in [2.05, 4.69) is 9.44 Å². The van der Waals surface area contributed by atoms with Crippen molar-refractivity contribution in [2.75, 3.05) is 13.2 Å². The van der Waals surface area contributed by atoms with E-state index < -0.39 is 40.4 Å². The quantitative estimate of drug-likeness (QED) is 0.225. The summed E-state index contributed by atoms with van der Waals surface area (Å²) in [5.41, 5.74) is 1.89. The SMILES string of the molecule is CCCC[C@H](CO[P+](=O)OC[C@@H](CCCC)NS(=O)(=O)c1ccc(C)cc1)NS(=O)(=O)c1ccc(C)cc1. The summed E-state index contributed by atoms with van der Waals surface area (Å²) in [6.45, 7) is 7.44. The molecule has 2 aromatic carbocycles. The van der Waals surface area contributed by atoms with Crippen LogP contribution in [0, 0.1) is 13.8 Å². The topological polar surface area (TPSA) is 128 Å². The van der Waals surface area contributed by atoms with Gasteiger partial charge < -0.3 is 0 Å². The summed E-state index contributed by atoms with van der Waals surface area (Å²) in [6, 6.07) is 11.8. The summed E-state index contributed by atoms with van der Waals surface area (Å²) in [7, 11) is -10.2. The van der Waals surface area contributed by atoms with E-state index in [4.69, 9.17) is 9.05 Å². The van der Waals surface area contributed by atoms with E-state index in [0.29, 0.717) is 12.8 Å². The molecule has 12 heteroatoms. The van der Waals surface area contributed by atoms with Gasteiger partial charge in [0.2, 0.25) is 20.0 Å². The molecule has 0 aliphatic heterocycles. The molecule has 0 aliphatic rings. The lowest BCUT2D eigenvalue weighted by atomic mass is 10.1. The molecule has 0 fully saturated rings. The van der Waals surface area contributed by atoms with E-state index in [1.807, 2.05) is 27.7 Å². The van der Waals surface area contributed by atoms with E-state index in [1.165, 1.54) is 24.3 Å². The van der Waals surface area contributed by atoms with Crippen LogP contribution in [0.2, 0.25) is 0 Å². The Morgan fingerprint density at radius 2 is 1.03 bits per heavy atom. The molecule has 38 heavy (non-hydrogen) atoms. The van der Waals surface area contributed by atoms with Gasteiger partial charge >= 0.3 is 8.25 Å². The molecule has 2 atom stereocenters. The van der Waals surface area contributed by atoms with Crippen molar-refractivity contribution >= 4 is 28.3 Å². The van der Waals surface area contributed by atoms with Crippen LogP contribution >= 0.6 is 8.25 Å². The molecule has 0 unspecified atom stereocenters. The molecule has 0 amide bonds. The van der Waals surface area contributed by atoms with Crippen molar-refractivity contribution in [2.24, 2.45) is 0 Å². The second-order valence-corrected chi connectivity index (χ2v) is 13.8. The summed E-state index contributed by atoms with van der Waals surface area (Å²) in [4.78, 5) is 0.287. The van der Waals surface area contributed by atoms with Crippen LogP contribution in [0.3, 0.4) is 0 Å². The number of unbranched alkanes of at least 4 members (excludes halogenated alkanes) is 2. The van der Waals surface area contributed by atoms with Gasteiger partial charge in [-0.05, 0) is 51.0 Å². The van der Waals surface area contributed by atoms with E-state index in [-0.39, 0.29) is 23.0 Å². The third kappa shape index (κ3) is 11.2. The van der Waals surface area contributed by atoms with Crippen LogP contribution in [-0.4, -0.2) is 42.1 Å². The van der Waals surface area contributed by atoms with Gasteiger partial charge in [-0.25, -0.2) is 26.3 Å². The zero-order valence-corrected chi connectivity index (χ0v) is 25.1. The average molecular weight is 588 g/mol. The first-order valence-electron chi connectivity index (χ1n) is 12.9. The van der Waals surface area contributed by atoms with Crippen molar-refractivity contribution < 1.29 is 30.4 Å². The van der Waals surface area contributed by atoms with Crippen LogP contribution in [0.25, 0.3) is 0 Å². The minimum absolute atomic E-state index is 0.143. The zero-order chi connectivity index (χ0) is 28.2. The molecule has 0 bridgehead atoms. The molecule has 2 N–H and O–H groups in total. The summed E-state index contributed by atoms with van der Waals surface area (Å²) in [6.07, 6.45) is 4.21. The standard InChI is InChI=1S/C26H40N2O7PS2/c1-5-7-9-23(27-37(30,31)25-15-11-21(3)12-16-25)19-34-36(29)35-20-24(10-8-6-2)28-38(32,33)26-17-13-22(4)14-18-26/h11-18,23-24,27-28H,5-10,19-20H2,1-4H3/q+1/t23-,24-/m1/s1. The fraction of sp³-hybridized carbons (Fsp3) is 0.538. The van der Waals surface area contributed by atoms with Gasteiger partial charge in [-0.3, -0.25) is 0 Å². The van der Waals surface area contributed by atoms with Crippen LogP contribution in [0.5, 0.6) is 0 Å². The van der Waals surface area contributed by atoms with Gasteiger partial charge in [-0.2, -0.15) is 0 Å². The predicted octanol–water partition coefficient (Wildman–Crippen LogP) is 5.37. The molecule has 0 aliphatic carbocycles. The van der Waals surface area contributed by atoms with Crippen molar-refractivity contribution in [1.82, 2.24) is 9.44 Å². The highest BCUT2D eigenvalue weighted by Crippen LogP contribution is 2.26. The summed E-state index contributed by atoms with van der Waals surface area (Å²) in [5, 5.41) is 0. The van der Waals surface area contributed by atoms with Crippen LogP contribution in [-0.2, 0) is 33.7 Å². The highest BCUT2D eigenvalue weighted by Gasteiger charge is 2.29. The average Bonchev–Trinajstić information content (AvgIpc) is 2.87. The second-order valence-electron chi connectivity index (χ2n) is 9.36. The van der Waals surface area contributed by atoms with Gasteiger partial charge in [-0.1, -0.05) is 74.9 Å². The number of aryl methyl sites for hydroxylation is 2. The fourth-order valence-electron chi connectivity index (χ4n) is 3.60. The maximum atomic E-state index is 12.8. The van der Waals surface area contributed by atoms with Crippen molar-refractivity contribution in [3.8, 4) is 0 Å². The highest BCUT2D eigenvalue weighted by atomic mass is 32.2. The van der Waals surface area contributed by atoms with E-state index >= 15 is 0 Å². The summed E-state index contributed by atoms with van der Waals surface area (Å²) in [5.74, 6) is 0. The number of benzene rings is 2. The van der Waals surface area contributed by atoms with E-state index in [9.17, 15) is 21.4 Å². The third-order valence-electron chi connectivity index (χ3n) is 5.88. The van der Waals surface area contributed by atoms with Gasteiger partial charge in [0.1, 0.15) is 13.2 Å². The van der Waals surface area contributed by atoms with Crippen molar-refractivity contribution in [1.29, 1.82) is 0 Å². The minimum Gasteiger partial charge on any atom is -0.207 e. The first kappa shape index (κ1) is 32.5. The van der Waals surface area contributed by atoms with Crippen molar-refractivity contribution in [3.63, 3.8) is 0 Å². The van der Waals surface area contributed by atoms with Gasteiger partial charge in [0, 0.05) is 4.57 Å². The normalized spacial score (nSPS) is 13.8. The number of rotatable bonds is 18. The minimum atomic E-state index is -3.78. The molecule has 9 nitrogen and oxygen atoms in total. The molecule has 2 aromatic rings. The first-order valence-corrected chi connectivity index (χ1v) is 16.9. The highest BCUT2D eigenvalue weighted by molar-refractivity contribution is 7.89. The van der Waals surface area contributed by atoms with Crippen molar-refractivity contribution in [3.05, 3.63) is 59.7 Å². The third-order valence-corrected chi connectivity index (χ3v) is 9.67. The molecule has 0 spiro atoms. The second kappa shape index (κ2) is 15.8. The predicted molar refractivity (Wildman–Crippen MR) is 149 cm³/mol. The van der Waals surface area contributed by atoms with Crippen LogP contribution in [0.4, 0.5) is 0 Å². The lowest BCUT2D eigenvalue weighted by Crippen LogP contribution is -2.38. The Labute approximate surface area is 228 Å². The maximum Gasteiger partial charge on any atom is 0.697 e. The molecular weight excluding hydrogens is 547 g/mol. The van der Waals surface area contributed by atoms with Gasteiger partial charge in [0.25, 0.3) is 0 Å². The maximum absolute atomic E-state index is 12.8. The molecule has 2 rings (SSSR count). The Morgan fingerprint density at radius 3 is 1.34 bits per heavy atom. The molecule has 0 heterocycles. The summed E-state index contributed by atoms with van der Waals surface area (Å²) >= 11 is 0. The lowest BCUT2D eigenvalue weighted by Gasteiger charge is -2.17. The Balaban J connectivity index is 1.97. The van der Waals surface area contributed by atoms with E-state index in [0.717, 1.165) is 36.8 Å². The number of sulfonamides is 2.